The van der Waals surface area contributed by atoms with E-state index in [2.05, 4.69) is 16.0 Å². The van der Waals surface area contributed by atoms with Crippen LogP contribution < -0.4 is 26.6 Å². The van der Waals surface area contributed by atoms with Crippen LogP contribution in [0.5, 0.6) is 0 Å². The van der Waals surface area contributed by atoms with Crippen LogP contribution in [0, 0.1) is 5.92 Å². The summed E-state index contributed by atoms with van der Waals surface area (Å²) in [5.74, 6) is -1.83. The molecule has 0 saturated heterocycles. The van der Waals surface area contributed by atoms with Crippen LogP contribution in [-0.4, -0.2) is 54.4 Å². The lowest BCUT2D eigenvalue weighted by atomic mass is 10.0. The maximum absolute atomic E-state index is 13.9. The van der Waals surface area contributed by atoms with Crippen LogP contribution >= 0.6 is 0 Å². The number of anilines is 1. The Morgan fingerprint density at radius 1 is 0.820 bits per heavy atom. The number of alkyl carbamates (subject to hydrolysis) is 1. The van der Waals surface area contributed by atoms with Gasteiger partial charge in [0.1, 0.15) is 18.7 Å². The molecule has 11 heteroatoms. The van der Waals surface area contributed by atoms with Crippen LogP contribution in [0.1, 0.15) is 56.2 Å². The summed E-state index contributed by atoms with van der Waals surface area (Å²) >= 11 is 0. The Hall–Kier alpha value is -5.45. The van der Waals surface area contributed by atoms with E-state index in [0.717, 1.165) is 35.2 Å². The average Bonchev–Trinajstić information content (AvgIpc) is 3.11. The van der Waals surface area contributed by atoms with Crippen molar-refractivity contribution in [2.45, 2.75) is 77.1 Å². The van der Waals surface area contributed by atoms with E-state index in [-0.39, 0.29) is 37.7 Å². The van der Waals surface area contributed by atoms with Crippen LogP contribution in [0.4, 0.5) is 10.5 Å². The number of rotatable bonds is 16. The Kier molecular flexibility index (Phi) is 14.1. The molecule has 0 saturated carbocycles. The summed E-state index contributed by atoms with van der Waals surface area (Å²) in [5, 5.41) is 8.40. The van der Waals surface area contributed by atoms with Crippen molar-refractivity contribution in [2.75, 3.05) is 11.4 Å². The average molecular weight is 682 g/mol. The van der Waals surface area contributed by atoms with Crippen LogP contribution in [0.2, 0.25) is 0 Å². The second kappa shape index (κ2) is 18.9. The number of aryl methyl sites for hydroxylation is 1. The SMILES string of the molecule is CC(C)C[C@H](NC(=O)OCc1ccccc1)C(=O)N[C@@H](Cc1ccccc1)C(=O)N[C@H](/C=C/C(=O)N1CCCc2ccccc21)CCC(N)=O. The zero-order chi connectivity index (χ0) is 35.9. The molecule has 0 unspecified atom stereocenters. The number of hydrogen-bond donors (Lipinski definition) is 4. The molecule has 5 amide bonds. The number of benzene rings is 3. The minimum absolute atomic E-state index is 0.0305. The van der Waals surface area contributed by atoms with Crippen molar-refractivity contribution in [3.8, 4) is 0 Å². The topological polar surface area (TPSA) is 160 Å². The first kappa shape index (κ1) is 37.4. The van der Waals surface area contributed by atoms with Gasteiger partial charge in [-0.3, -0.25) is 19.2 Å². The molecule has 0 spiro atoms. The highest BCUT2D eigenvalue weighted by Gasteiger charge is 2.29. The fraction of sp³-hybridized carbons (Fsp3) is 0.359. The van der Waals surface area contributed by atoms with Gasteiger partial charge >= 0.3 is 6.09 Å². The van der Waals surface area contributed by atoms with Gasteiger partial charge < -0.3 is 31.3 Å². The number of primary amides is 1. The molecule has 0 radical (unpaired) electrons. The summed E-state index contributed by atoms with van der Waals surface area (Å²) < 4.78 is 5.36. The minimum Gasteiger partial charge on any atom is -0.445 e. The van der Waals surface area contributed by atoms with Gasteiger partial charge in [0.25, 0.3) is 5.91 Å². The molecule has 3 aromatic rings. The van der Waals surface area contributed by atoms with Gasteiger partial charge in [0.2, 0.25) is 17.7 Å². The van der Waals surface area contributed by atoms with E-state index in [0.29, 0.717) is 13.0 Å². The van der Waals surface area contributed by atoms with Crippen molar-refractivity contribution in [2.24, 2.45) is 11.7 Å². The molecular weight excluding hydrogens is 634 g/mol. The third-order valence-corrected chi connectivity index (χ3v) is 8.32. The predicted molar refractivity (Wildman–Crippen MR) is 192 cm³/mol. The molecule has 1 heterocycles. The quantitative estimate of drug-likeness (QED) is 0.165. The van der Waals surface area contributed by atoms with E-state index < -0.39 is 41.9 Å². The third-order valence-electron chi connectivity index (χ3n) is 8.32. The Bertz CT molecular complexity index is 1630. The summed E-state index contributed by atoms with van der Waals surface area (Å²) in [5.41, 5.74) is 8.98. The second-order valence-corrected chi connectivity index (χ2v) is 12.8. The molecule has 0 fully saturated rings. The molecule has 11 nitrogen and oxygen atoms in total. The first-order chi connectivity index (χ1) is 24.1. The van der Waals surface area contributed by atoms with Gasteiger partial charge in [0.15, 0.2) is 0 Å². The highest BCUT2D eigenvalue weighted by atomic mass is 16.5. The van der Waals surface area contributed by atoms with Gasteiger partial charge in [-0.15, -0.1) is 0 Å². The molecule has 0 bridgehead atoms. The van der Waals surface area contributed by atoms with E-state index >= 15 is 0 Å². The first-order valence-corrected chi connectivity index (χ1v) is 17.1. The standard InChI is InChI=1S/C39H47N5O6/c1-27(2)24-32(43-39(49)50-26-29-14-7-4-8-15-29)38(48)42-33(25-28-12-5-3-6-13-28)37(47)41-31(19-21-35(40)45)20-22-36(46)44-23-11-17-30-16-9-10-18-34(30)44/h3-10,12-16,18,20,22,27,31-33H,11,17,19,21,23-26H2,1-2H3,(H2,40,45)(H,41,47)(H,42,48)(H,43,49)/b22-20+/t31-,32-,33-/m0/s1. The summed E-state index contributed by atoms with van der Waals surface area (Å²) in [6, 6.07) is 23.4. The van der Waals surface area contributed by atoms with Crippen LogP contribution in [0.15, 0.2) is 97.1 Å². The zero-order valence-electron chi connectivity index (χ0n) is 28.7. The van der Waals surface area contributed by atoms with E-state index in [1.54, 1.807) is 11.0 Å². The van der Waals surface area contributed by atoms with E-state index in [1.807, 2.05) is 98.8 Å². The summed E-state index contributed by atoms with van der Waals surface area (Å²) in [6.45, 7) is 4.44. The molecule has 3 aromatic carbocycles. The van der Waals surface area contributed by atoms with Crippen molar-refractivity contribution >= 4 is 35.4 Å². The fourth-order valence-electron chi connectivity index (χ4n) is 5.79. The molecule has 0 aromatic heterocycles. The maximum Gasteiger partial charge on any atom is 0.408 e. The van der Waals surface area contributed by atoms with Gasteiger partial charge in [0, 0.05) is 37.2 Å². The monoisotopic (exact) mass is 681 g/mol. The van der Waals surface area contributed by atoms with Crippen molar-refractivity contribution in [1.29, 1.82) is 0 Å². The lowest BCUT2D eigenvalue weighted by molar-refractivity contribution is -0.130. The number of ether oxygens (including phenoxy) is 1. The van der Waals surface area contributed by atoms with Gasteiger partial charge in [-0.1, -0.05) is 98.8 Å². The van der Waals surface area contributed by atoms with Crippen molar-refractivity contribution in [1.82, 2.24) is 16.0 Å². The number of carbonyl (C=O) groups excluding carboxylic acids is 5. The number of hydrogen-bond acceptors (Lipinski definition) is 6. The van der Waals surface area contributed by atoms with Crippen molar-refractivity contribution in [3.05, 3.63) is 114 Å². The van der Waals surface area contributed by atoms with Gasteiger partial charge in [-0.25, -0.2) is 4.79 Å². The largest absolute Gasteiger partial charge is 0.445 e. The molecule has 1 aliphatic heterocycles. The number of fused-ring (bicyclic) bond motifs is 1. The van der Waals surface area contributed by atoms with Crippen molar-refractivity contribution < 1.29 is 28.7 Å². The zero-order valence-corrected chi connectivity index (χ0v) is 28.7. The summed E-state index contributed by atoms with van der Waals surface area (Å²) in [6.07, 6.45) is 4.51. The highest BCUT2D eigenvalue weighted by molar-refractivity contribution is 6.02. The number of para-hydroxylation sites is 1. The maximum atomic E-state index is 13.9. The molecule has 5 N–H and O–H groups in total. The molecule has 1 aliphatic rings. The molecule has 50 heavy (non-hydrogen) atoms. The summed E-state index contributed by atoms with van der Waals surface area (Å²) in [4.78, 5) is 67.1. The fourth-order valence-corrected chi connectivity index (χ4v) is 5.79. The third kappa shape index (κ3) is 11.9. The first-order valence-electron chi connectivity index (χ1n) is 17.1. The van der Waals surface area contributed by atoms with Crippen LogP contribution in [0.3, 0.4) is 0 Å². The normalized spacial score (nSPS) is 14.3. The Morgan fingerprint density at radius 2 is 1.46 bits per heavy atom. The predicted octanol–water partition coefficient (Wildman–Crippen LogP) is 4.34. The lowest BCUT2D eigenvalue weighted by Crippen LogP contribution is -2.55. The molecule has 3 atom stereocenters. The molecule has 4 rings (SSSR count). The van der Waals surface area contributed by atoms with Gasteiger partial charge in [-0.2, -0.15) is 0 Å². The van der Waals surface area contributed by atoms with Crippen LogP contribution in [0.25, 0.3) is 0 Å². The number of nitrogens with two attached hydrogens (primary N) is 1. The Labute approximate surface area is 293 Å². The lowest BCUT2D eigenvalue weighted by Gasteiger charge is -2.28. The second-order valence-electron chi connectivity index (χ2n) is 12.8. The van der Waals surface area contributed by atoms with E-state index in [4.69, 9.17) is 10.5 Å². The van der Waals surface area contributed by atoms with Crippen molar-refractivity contribution in [3.63, 3.8) is 0 Å². The van der Waals surface area contributed by atoms with E-state index in [1.165, 1.54) is 6.08 Å². The highest BCUT2D eigenvalue weighted by Crippen LogP contribution is 2.27. The molecular formula is C39H47N5O6. The minimum atomic E-state index is -1.05. The molecule has 264 valence electrons. The van der Waals surface area contributed by atoms with Gasteiger partial charge in [0.05, 0.1) is 0 Å². The summed E-state index contributed by atoms with van der Waals surface area (Å²) in [7, 11) is 0. The van der Waals surface area contributed by atoms with E-state index in [9.17, 15) is 24.0 Å². The number of amides is 5. The number of carbonyl (C=O) groups is 5. The Morgan fingerprint density at radius 3 is 2.14 bits per heavy atom. The molecule has 0 aliphatic carbocycles. The van der Waals surface area contributed by atoms with Crippen LogP contribution in [-0.2, 0) is 43.4 Å². The Balaban J connectivity index is 1.49. The smallest absolute Gasteiger partial charge is 0.408 e. The van der Waals surface area contributed by atoms with Gasteiger partial charge in [-0.05, 0) is 54.4 Å². The number of nitrogens with one attached hydrogen (secondary N) is 3. The number of nitrogens with zero attached hydrogens (tertiary/aromatic N) is 1.